The smallest absolute Gasteiger partial charge is 0.0540 e. The van der Waals surface area contributed by atoms with Gasteiger partial charge < -0.3 is 5.11 Å². The predicted molar refractivity (Wildman–Crippen MR) is 178 cm³/mol. The predicted octanol–water partition coefficient (Wildman–Crippen LogP) is 12.7. The molecule has 1 N–H and O–H groups in total. The summed E-state index contributed by atoms with van der Waals surface area (Å²) in [7, 11) is 0. The fourth-order valence-corrected chi connectivity index (χ4v) is 4.56. The Morgan fingerprint density at radius 3 is 1.38 bits per heavy atom. The van der Waals surface area contributed by atoms with Crippen molar-refractivity contribution in [3.05, 3.63) is 72.4 Å². The zero-order chi connectivity index (χ0) is 28.5. The van der Waals surface area contributed by atoms with Crippen molar-refractivity contribution in [3.8, 4) is 0 Å². The average molecular weight is 539 g/mol. The maximum atomic E-state index is 10.3. The van der Waals surface area contributed by atoms with Crippen molar-refractivity contribution in [2.75, 3.05) is 0 Å². The Labute approximate surface area is 245 Å². The van der Waals surface area contributed by atoms with Crippen LogP contribution >= 0.6 is 0 Å². The molecule has 0 aliphatic rings. The Morgan fingerprint density at radius 1 is 0.487 bits per heavy atom. The topological polar surface area (TPSA) is 20.2 Å². The summed E-state index contributed by atoms with van der Waals surface area (Å²) in [4.78, 5) is 0. The molecule has 1 unspecified atom stereocenters. The van der Waals surface area contributed by atoms with E-state index in [-0.39, 0.29) is 6.10 Å². The minimum absolute atomic E-state index is 0.102. The van der Waals surface area contributed by atoms with E-state index < -0.39 is 0 Å². The first-order chi connectivity index (χ1) is 19.2. The van der Waals surface area contributed by atoms with Crippen LogP contribution in [0.2, 0.25) is 0 Å². The summed E-state index contributed by atoms with van der Waals surface area (Å²) in [6, 6.07) is 0. The number of unbranched alkanes of at least 4 members (excludes halogenated alkanes) is 12. The molecule has 0 fully saturated rings. The third kappa shape index (κ3) is 32.5. The van der Waals surface area contributed by atoms with E-state index >= 15 is 0 Å². The summed E-state index contributed by atoms with van der Waals surface area (Å²) in [5, 5.41) is 10.3. The zero-order valence-corrected chi connectivity index (χ0v) is 26.4. The van der Waals surface area contributed by atoms with Crippen LogP contribution in [0.3, 0.4) is 0 Å². The summed E-state index contributed by atoms with van der Waals surface area (Å²) >= 11 is 0. The molecule has 0 amide bonds. The summed E-state index contributed by atoms with van der Waals surface area (Å²) < 4.78 is 0. The highest BCUT2D eigenvalue weighted by Crippen LogP contribution is 2.14. The average Bonchev–Trinajstić information content (AvgIpc) is 2.93. The Morgan fingerprint density at radius 2 is 0.897 bits per heavy atom. The Hall–Kier alpha value is -1.60. The molecule has 0 rings (SSSR count). The highest BCUT2D eigenvalue weighted by atomic mass is 16.3. The molecule has 0 radical (unpaired) electrons. The molecular formula is C38H66O. The second-order valence-electron chi connectivity index (χ2n) is 11.2. The van der Waals surface area contributed by atoms with Gasteiger partial charge in [-0.15, -0.1) is 0 Å². The first kappa shape index (κ1) is 37.4. The van der Waals surface area contributed by atoms with Gasteiger partial charge >= 0.3 is 0 Å². The molecule has 0 aromatic heterocycles. The Bertz CT molecular complexity index is 660. The normalized spacial score (nSPS) is 13.9. The molecule has 39 heavy (non-hydrogen) atoms. The van der Waals surface area contributed by atoms with Crippen molar-refractivity contribution in [2.24, 2.45) is 0 Å². The van der Waals surface area contributed by atoms with Gasteiger partial charge in [0.05, 0.1) is 6.10 Å². The van der Waals surface area contributed by atoms with Crippen molar-refractivity contribution in [1.82, 2.24) is 0 Å². The standard InChI is InChI=1S/C38H66O/c1-4-6-8-10-12-14-15-16-17-18-19-20-22-24-26-31-35-38(39)36-32-28-27-30-34-37(3)33-29-25-23-21-13-11-9-7-5-2/h12-14,16-17,19-21,25,29,34,38-39H,4-11,15,18,22-24,26-28,30-33,35-36H2,1-3H3. The van der Waals surface area contributed by atoms with E-state index in [1.54, 1.807) is 0 Å². The lowest BCUT2D eigenvalue weighted by Crippen LogP contribution is -2.05. The minimum atomic E-state index is -0.102. The summed E-state index contributed by atoms with van der Waals surface area (Å²) in [6.07, 6.45) is 51.5. The van der Waals surface area contributed by atoms with Crippen LogP contribution in [0.25, 0.3) is 0 Å². The third-order valence-electron chi connectivity index (χ3n) is 7.18. The van der Waals surface area contributed by atoms with Crippen LogP contribution in [0.1, 0.15) is 162 Å². The first-order valence-electron chi connectivity index (χ1n) is 16.8. The van der Waals surface area contributed by atoms with Gasteiger partial charge in [-0.25, -0.2) is 0 Å². The molecule has 1 atom stereocenters. The highest BCUT2D eigenvalue weighted by molar-refractivity contribution is 5.05. The van der Waals surface area contributed by atoms with Gasteiger partial charge in [0, 0.05) is 0 Å². The van der Waals surface area contributed by atoms with Crippen molar-refractivity contribution >= 4 is 0 Å². The molecule has 0 spiro atoms. The van der Waals surface area contributed by atoms with Crippen LogP contribution in [-0.4, -0.2) is 11.2 Å². The monoisotopic (exact) mass is 539 g/mol. The van der Waals surface area contributed by atoms with Crippen LogP contribution in [0.4, 0.5) is 0 Å². The molecule has 0 saturated heterocycles. The molecule has 0 saturated carbocycles. The number of rotatable bonds is 28. The van der Waals surface area contributed by atoms with Gasteiger partial charge in [0.25, 0.3) is 0 Å². The number of aliphatic hydroxyl groups excluding tert-OH is 1. The second kappa shape index (κ2) is 32.6. The molecule has 0 aromatic rings. The van der Waals surface area contributed by atoms with Crippen LogP contribution in [-0.2, 0) is 0 Å². The molecule has 1 nitrogen and oxygen atoms in total. The number of allylic oxidation sites excluding steroid dienone is 12. The van der Waals surface area contributed by atoms with Gasteiger partial charge in [0.2, 0.25) is 0 Å². The number of hydrogen-bond donors (Lipinski definition) is 1. The van der Waals surface area contributed by atoms with Gasteiger partial charge in [0.1, 0.15) is 0 Å². The molecule has 0 aromatic carbocycles. The van der Waals surface area contributed by atoms with E-state index in [4.69, 9.17) is 0 Å². The van der Waals surface area contributed by atoms with Gasteiger partial charge in [-0.05, 0) is 96.8 Å². The highest BCUT2D eigenvalue weighted by Gasteiger charge is 2.03. The van der Waals surface area contributed by atoms with E-state index in [1.165, 1.54) is 95.5 Å². The van der Waals surface area contributed by atoms with Crippen LogP contribution in [0.5, 0.6) is 0 Å². The lowest BCUT2D eigenvalue weighted by Gasteiger charge is -2.09. The van der Waals surface area contributed by atoms with Gasteiger partial charge in [0.15, 0.2) is 0 Å². The van der Waals surface area contributed by atoms with Gasteiger partial charge in [-0.2, -0.15) is 0 Å². The maximum absolute atomic E-state index is 10.3. The van der Waals surface area contributed by atoms with E-state index in [0.29, 0.717) is 0 Å². The second-order valence-corrected chi connectivity index (χ2v) is 11.2. The molecule has 224 valence electrons. The van der Waals surface area contributed by atoms with E-state index in [1.807, 2.05) is 0 Å². The van der Waals surface area contributed by atoms with E-state index in [2.05, 4.69) is 87.6 Å². The molecule has 0 aliphatic heterocycles. The summed E-state index contributed by atoms with van der Waals surface area (Å²) in [5.41, 5.74) is 1.48. The van der Waals surface area contributed by atoms with Crippen molar-refractivity contribution < 1.29 is 5.11 Å². The number of hydrogen-bond acceptors (Lipinski definition) is 1. The van der Waals surface area contributed by atoms with E-state index in [0.717, 1.165) is 51.4 Å². The van der Waals surface area contributed by atoms with Gasteiger partial charge in [-0.1, -0.05) is 138 Å². The van der Waals surface area contributed by atoms with Gasteiger partial charge in [-0.3, -0.25) is 0 Å². The van der Waals surface area contributed by atoms with Crippen LogP contribution < -0.4 is 0 Å². The first-order valence-corrected chi connectivity index (χ1v) is 16.8. The summed E-state index contributed by atoms with van der Waals surface area (Å²) in [6.45, 7) is 6.76. The Kier molecular flexibility index (Phi) is 31.3. The largest absolute Gasteiger partial charge is 0.393 e. The zero-order valence-electron chi connectivity index (χ0n) is 26.4. The number of aliphatic hydroxyl groups is 1. The van der Waals surface area contributed by atoms with E-state index in [9.17, 15) is 5.11 Å². The van der Waals surface area contributed by atoms with Crippen molar-refractivity contribution in [3.63, 3.8) is 0 Å². The quantitative estimate of drug-likeness (QED) is 0.0775. The lowest BCUT2D eigenvalue weighted by atomic mass is 10.0. The fraction of sp³-hybridized carbons (Fsp3) is 0.684. The van der Waals surface area contributed by atoms with Crippen LogP contribution in [0.15, 0.2) is 72.4 Å². The SMILES string of the molecule is CCCCCC=CCC=CCC=CCCCCCC(O)CCCCCC=C(C)CC=CCC=CCCCCC. The molecular weight excluding hydrogens is 472 g/mol. The Balaban J connectivity index is 3.53. The molecule has 0 aliphatic carbocycles. The van der Waals surface area contributed by atoms with Crippen molar-refractivity contribution in [1.29, 1.82) is 0 Å². The summed E-state index contributed by atoms with van der Waals surface area (Å²) in [5.74, 6) is 0. The molecule has 1 heteroatoms. The van der Waals surface area contributed by atoms with Crippen LogP contribution in [0, 0.1) is 0 Å². The van der Waals surface area contributed by atoms with Crippen molar-refractivity contribution in [2.45, 2.75) is 168 Å². The lowest BCUT2D eigenvalue weighted by molar-refractivity contribution is 0.147. The fourth-order valence-electron chi connectivity index (χ4n) is 4.56. The minimum Gasteiger partial charge on any atom is -0.393 e. The molecule has 0 bridgehead atoms. The molecule has 0 heterocycles. The maximum Gasteiger partial charge on any atom is 0.0540 e. The third-order valence-corrected chi connectivity index (χ3v) is 7.18.